The van der Waals surface area contributed by atoms with Crippen molar-refractivity contribution in [2.24, 2.45) is 5.41 Å². The summed E-state index contributed by atoms with van der Waals surface area (Å²) in [5.41, 5.74) is 1.23. The summed E-state index contributed by atoms with van der Waals surface area (Å²) in [7, 11) is 0. The van der Waals surface area contributed by atoms with Crippen molar-refractivity contribution in [1.29, 1.82) is 0 Å². The van der Waals surface area contributed by atoms with Crippen LogP contribution in [0.5, 0.6) is 0 Å². The van der Waals surface area contributed by atoms with Gasteiger partial charge in [0.1, 0.15) is 6.54 Å². The summed E-state index contributed by atoms with van der Waals surface area (Å²) in [6.07, 6.45) is 0.794. The second-order valence-corrected chi connectivity index (χ2v) is 7.63. The molecule has 0 radical (unpaired) electrons. The predicted octanol–water partition coefficient (Wildman–Crippen LogP) is 2.77. The Labute approximate surface area is 145 Å². The Hall–Kier alpha value is -2.02. The van der Waals surface area contributed by atoms with Crippen LogP contribution in [0.1, 0.15) is 27.2 Å². The van der Waals surface area contributed by atoms with Crippen LogP contribution in [-0.2, 0) is 16.1 Å². The molecule has 0 bridgehead atoms. The van der Waals surface area contributed by atoms with Gasteiger partial charge in [0, 0.05) is 17.7 Å². The number of imidazole rings is 1. The number of para-hydroxylation sites is 2. The molecular formula is C17H23N3O3S. The average Bonchev–Trinajstić information content (AvgIpc) is 2.83. The van der Waals surface area contributed by atoms with Crippen molar-refractivity contribution in [1.82, 2.24) is 14.9 Å². The number of thioether (sulfide) groups is 1. The van der Waals surface area contributed by atoms with Gasteiger partial charge < -0.3 is 15.0 Å². The highest BCUT2D eigenvalue weighted by molar-refractivity contribution is 7.99. The minimum atomic E-state index is -0.891. The van der Waals surface area contributed by atoms with E-state index in [1.807, 2.05) is 45.0 Å². The lowest BCUT2D eigenvalue weighted by Gasteiger charge is -2.17. The third-order valence-corrected chi connectivity index (χ3v) is 4.49. The molecule has 1 heterocycles. The van der Waals surface area contributed by atoms with E-state index in [4.69, 9.17) is 5.11 Å². The molecule has 0 aliphatic rings. The van der Waals surface area contributed by atoms with Crippen molar-refractivity contribution in [2.45, 2.75) is 38.9 Å². The summed E-state index contributed by atoms with van der Waals surface area (Å²) in [6.45, 7) is 6.13. The molecule has 7 heteroatoms. The SMILES string of the molecule is CC(C)(C)C(=O)NCCCSc1nc2ccccc2n1CC(=O)O. The Morgan fingerprint density at radius 2 is 2.00 bits per heavy atom. The van der Waals surface area contributed by atoms with E-state index in [-0.39, 0.29) is 17.9 Å². The largest absolute Gasteiger partial charge is 0.480 e. The quantitative estimate of drug-likeness (QED) is 0.593. The third-order valence-electron chi connectivity index (χ3n) is 3.43. The summed E-state index contributed by atoms with van der Waals surface area (Å²) in [4.78, 5) is 27.4. The fourth-order valence-corrected chi connectivity index (χ4v) is 3.11. The first-order valence-corrected chi connectivity index (χ1v) is 8.86. The highest BCUT2D eigenvalue weighted by Gasteiger charge is 2.20. The van der Waals surface area contributed by atoms with Gasteiger partial charge in [-0.15, -0.1) is 0 Å². The van der Waals surface area contributed by atoms with Gasteiger partial charge in [0.05, 0.1) is 11.0 Å². The van der Waals surface area contributed by atoms with Crippen molar-refractivity contribution in [3.05, 3.63) is 24.3 Å². The molecule has 130 valence electrons. The Kier molecular flexibility index (Phi) is 5.88. The Bertz CT molecular complexity index is 734. The van der Waals surface area contributed by atoms with Crippen LogP contribution >= 0.6 is 11.8 Å². The van der Waals surface area contributed by atoms with E-state index in [0.29, 0.717) is 11.7 Å². The van der Waals surface area contributed by atoms with Crippen molar-refractivity contribution in [3.63, 3.8) is 0 Å². The van der Waals surface area contributed by atoms with E-state index in [1.54, 1.807) is 4.57 Å². The zero-order chi connectivity index (χ0) is 17.7. The number of nitrogens with zero attached hydrogens (tertiary/aromatic N) is 2. The van der Waals surface area contributed by atoms with Crippen molar-refractivity contribution < 1.29 is 14.7 Å². The molecule has 0 saturated heterocycles. The molecule has 0 fully saturated rings. The molecule has 0 aliphatic carbocycles. The van der Waals surface area contributed by atoms with Crippen molar-refractivity contribution >= 4 is 34.7 Å². The molecule has 0 spiro atoms. The average molecular weight is 349 g/mol. The molecule has 0 aliphatic heterocycles. The molecule has 2 aromatic rings. The van der Waals surface area contributed by atoms with Crippen LogP contribution < -0.4 is 5.32 Å². The fourth-order valence-electron chi connectivity index (χ4n) is 2.15. The smallest absolute Gasteiger partial charge is 0.323 e. The second-order valence-electron chi connectivity index (χ2n) is 6.57. The number of carboxylic acid groups (broad SMARTS) is 1. The summed E-state index contributed by atoms with van der Waals surface area (Å²) in [5.74, 6) is -0.101. The lowest BCUT2D eigenvalue weighted by Crippen LogP contribution is -2.35. The van der Waals surface area contributed by atoms with Crippen LogP contribution in [0.15, 0.2) is 29.4 Å². The number of aromatic nitrogens is 2. The van der Waals surface area contributed by atoms with Gasteiger partial charge in [0.2, 0.25) is 5.91 Å². The third kappa shape index (κ3) is 4.74. The van der Waals surface area contributed by atoms with Gasteiger partial charge in [0.15, 0.2) is 5.16 Å². The van der Waals surface area contributed by atoms with Crippen molar-refractivity contribution in [2.75, 3.05) is 12.3 Å². The number of aliphatic carboxylic acids is 1. The Morgan fingerprint density at radius 1 is 1.29 bits per heavy atom. The molecule has 1 aromatic carbocycles. The monoisotopic (exact) mass is 349 g/mol. The fraction of sp³-hybridized carbons (Fsp3) is 0.471. The topological polar surface area (TPSA) is 84.2 Å². The number of nitrogens with one attached hydrogen (secondary N) is 1. The number of hydrogen-bond acceptors (Lipinski definition) is 4. The first-order valence-electron chi connectivity index (χ1n) is 7.87. The molecule has 24 heavy (non-hydrogen) atoms. The molecule has 6 nitrogen and oxygen atoms in total. The normalized spacial score (nSPS) is 11.6. The number of amides is 1. The number of rotatable bonds is 7. The van der Waals surface area contributed by atoms with Crippen LogP contribution in [-0.4, -0.2) is 38.8 Å². The first kappa shape index (κ1) is 18.3. The standard InChI is InChI=1S/C17H23N3O3S/c1-17(2,3)15(23)18-9-6-10-24-16-19-12-7-4-5-8-13(12)20(16)11-14(21)22/h4-5,7-8H,6,9-11H2,1-3H3,(H,18,23)(H,21,22). The maximum atomic E-state index is 11.8. The zero-order valence-corrected chi connectivity index (χ0v) is 15.0. The summed E-state index contributed by atoms with van der Waals surface area (Å²) in [6, 6.07) is 7.51. The van der Waals surface area contributed by atoms with Crippen molar-refractivity contribution in [3.8, 4) is 0 Å². The van der Waals surface area contributed by atoms with E-state index in [1.165, 1.54) is 11.8 Å². The molecule has 2 rings (SSSR count). The van der Waals surface area contributed by atoms with Crippen LogP contribution in [0, 0.1) is 5.41 Å². The molecule has 1 aromatic heterocycles. The second kappa shape index (κ2) is 7.70. The summed E-state index contributed by atoms with van der Waals surface area (Å²) in [5, 5.41) is 12.7. The van der Waals surface area contributed by atoms with Crippen LogP contribution in [0.3, 0.4) is 0 Å². The summed E-state index contributed by atoms with van der Waals surface area (Å²) >= 11 is 1.51. The predicted molar refractivity (Wildman–Crippen MR) is 95.2 cm³/mol. The number of hydrogen-bond donors (Lipinski definition) is 2. The zero-order valence-electron chi connectivity index (χ0n) is 14.2. The van der Waals surface area contributed by atoms with E-state index >= 15 is 0 Å². The van der Waals surface area contributed by atoms with Gasteiger partial charge in [-0.2, -0.15) is 0 Å². The first-order chi connectivity index (χ1) is 11.3. The van der Waals surface area contributed by atoms with Crippen LogP contribution in [0.4, 0.5) is 0 Å². The van der Waals surface area contributed by atoms with E-state index in [9.17, 15) is 9.59 Å². The van der Waals surface area contributed by atoms with Gasteiger partial charge in [0.25, 0.3) is 0 Å². The maximum Gasteiger partial charge on any atom is 0.323 e. The number of fused-ring (bicyclic) bond motifs is 1. The molecule has 1 amide bonds. The number of carboxylic acids is 1. The maximum absolute atomic E-state index is 11.8. The number of carbonyl (C=O) groups is 2. The highest BCUT2D eigenvalue weighted by atomic mass is 32.2. The van der Waals surface area contributed by atoms with Gasteiger partial charge in [-0.25, -0.2) is 4.98 Å². The highest BCUT2D eigenvalue weighted by Crippen LogP contribution is 2.24. The van der Waals surface area contributed by atoms with E-state index < -0.39 is 5.97 Å². The molecular weight excluding hydrogens is 326 g/mol. The van der Waals surface area contributed by atoms with E-state index in [2.05, 4.69) is 10.3 Å². The lowest BCUT2D eigenvalue weighted by molar-refractivity contribution is -0.137. The van der Waals surface area contributed by atoms with Gasteiger partial charge in [-0.05, 0) is 18.6 Å². The summed E-state index contributed by atoms with van der Waals surface area (Å²) < 4.78 is 1.72. The minimum absolute atomic E-state index is 0.0330. The van der Waals surface area contributed by atoms with Gasteiger partial charge in [-0.3, -0.25) is 9.59 Å². The van der Waals surface area contributed by atoms with Gasteiger partial charge in [-0.1, -0.05) is 44.7 Å². The van der Waals surface area contributed by atoms with Gasteiger partial charge >= 0.3 is 5.97 Å². The van der Waals surface area contributed by atoms with Crippen LogP contribution in [0.25, 0.3) is 11.0 Å². The lowest BCUT2D eigenvalue weighted by atomic mass is 9.96. The molecule has 0 unspecified atom stereocenters. The molecule has 0 atom stereocenters. The Morgan fingerprint density at radius 3 is 2.67 bits per heavy atom. The Balaban J connectivity index is 1.95. The van der Waals surface area contributed by atoms with E-state index in [0.717, 1.165) is 23.2 Å². The van der Waals surface area contributed by atoms with Crippen LogP contribution in [0.2, 0.25) is 0 Å². The number of benzene rings is 1. The molecule has 2 N–H and O–H groups in total. The minimum Gasteiger partial charge on any atom is -0.480 e. The number of carbonyl (C=O) groups excluding carboxylic acids is 1. The molecule has 0 saturated carbocycles.